The third-order valence-electron chi connectivity index (χ3n) is 2.82. The molecule has 1 aliphatic heterocycles. The second-order valence-electron chi connectivity index (χ2n) is 6.65. The molecular weight excluding hydrogens is 383 g/mol. The third kappa shape index (κ3) is 8.45. The minimum absolute atomic E-state index is 0. The van der Waals surface area contributed by atoms with Gasteiger partial charge in [-0.1, -0.05) is 6.92 Å². The number of nitrogens with zero attached hydrogens (tertiary/aromatic N) is 1. The van der Waals surface area contributed by atoms with Crippen molar-refractivity contribution in [3.63, 3.8) is 0 Å². The first-order valence-corrected chi connectivity index (χ1v) is 7.15. The molecule has 1 heterocycles. The van der Waals surface area contributed by atoms with E-state index in [4.69, 9.17) is 4.74 Å². The molecule has 0 aromatic carbocycles. The SMILES string of the molecule is CCNC(=NCC(=O)NC(C)(C)C)NCC1(C)COC1.I. The lowest BCUT2D eigenvalue weighted by Crippen LogP contribution is -2.51. The first-order valence-electron chi connectivity index (χ1n) is 7.15. The summed E-state index contributed by atoms with van der Waals surface area (Å²) < 4.78 is 5.22. The molecular formula is C14H29IN4O2. The number of amides is 1. The van der Waals surface area contributed by atoms with Crippen molar-refractivity contribution in [3.05, 3.63) is 0 Å². The summed E-state index contributed by atoms with van der Waals surface area (Å²) in [5.41, 5.74) is -0.0566. The van der Waals surface area contributed by atoms with Gasteiger partial charge in [-0.3, -0.25) is 4.79 Å². The Labute approximate surface area is 144 Å². The topological polar surface area (TPSA) is 74.8 Å². The van der Waals surface area contributed by atoms with E-state index in [2.05, 4.69) is 27.9 Å². The predicted octanol–water partition coefficient (Wildman–Crippen LogP) is 1.11. The molecule has 0 aromatic heterocycles. The fraction of sp³-hybridized carbons (Fsp3) is 0.857. The van der Waals surface area contributed by atoms with E-state index >= 15 is 0 Å². The van der Waals surface area contributed by atoms with Crippen LogP contribution >= 0.6 is 24.0 Å². The fourth-order valence-electron chi connectivity index (χ4n) is 1.80. The maximum Gasteiger partial charge on any atom is 0.242 e. The van der Waals surface area contributed by atoms with Crippen LogP contribution in [0, 0.1) is 5.41 Å². The lowest BCUT2D eigenvalue weighted by Gasteiger charge is -2.38. The molecule has 0 radical (unpaired) electrons. The Balaban J connectivity index is 0.00000400. The number of carbonyl (C=O) groups excluding carboxylic acids is 1. The average Bonchev–Trinajstić information content (AvgIpc) is 2.28. The number of rotatable bonds is 5. The zero-order chi connectivity index (χ0) is 15.2. The second kappa shape index (κ2) is 8.77. The van der Waals surface area contributed by atoms with Crippen molar-refractivity contribution in [1.82, 2.24) is 16.0 Å². The van der Waals surface area contributed by atoms with Gasteiger partial charge in [0.05, 0.1) is 13.2 Å². The van der Waals surface area contributed by atoms with Crippen LogP contribution in [0.5, 0.6) is 0 Å². The summed E-state index contributed by atoms with van der Waals surface area (Å²) in [5, 5.41) is 9.29. The molecule has 124 valence electrons. The summed E-state index contributed by atoms with van der Waals surface area (Å²) in [6.45, 7) is 13.2. The maximum absolute atomic E-state index is 11.7. The van der Waals surface area contributed by atoms with E-state index in [1.807, 2.05) is 27.7 Å². The lowest BCUT2D eigenvalue weighted by atomic mass is 9.89. The summed E-state index contributed by atoms with van der Waals surface area (Å²) in [6, 6.07) is 0. The van der Waals surface area contributed by atoms with E-state index < -0.39 is 0 Å². The molecule has 3 N–H and O–H groups in total. The van der Waals surface area contributed by atoms with Gasteiger partial charge in [-0.15, -0.1) is 24.0 Å². The monoisotopic (exact) mass is 412 g/mol. The van der Waals surface area contributed by atoms with Gasteiger partial charge in [0, 0.05) is 24.0 Å². The molecule has 1 amide bonds. The van der Waals surface area contributed by atoms with E-state index in [1.54, 1.807) is 0 Å². The molecule has 0 bridgehead atoms. The smallest absolute Gasteiger partial charge is 0.242 e. The van der Waals surface area contributed by atoms with Crippen LogP contribution < -0.4 is 16.0 Å². The Kier molecular flexibility index (Phi) is 8.53. The largest absolute Gasteiger partial charge is 0.380 e. The number of aliphatic imine (C=N–C) groups is 1. The van der Waals surface area contributed by atoms with Crippen LogP contribution in [0.4, 0.5) is 0 Å². The van der Waals surface area contributed by atoms with E-state index in [0.29, 0.717) is 5.96 Å². The Morgan fingerprint density at radius 1 is 1.29 bits per heavy atom. The summed E-state index contributed by atoms with van der Waals surface area (Å²) >= 11 is 0. The highest BCUT2D eigenvalue weighted by Gasteiger charge is 2.33. The molecule has 0 aromatic rings. The first-order chi connectivity index (χ1) is 9.24. The van der Waals surface area contributed by atoms with Gasteiger partial charge in [0.25, 0.3) is 0 Å². The van der Waals surface area contributed by atoms with Gasteiger partial charge < -0.3 is 20.7 Å². The molecule has 0 spiro atoms. The number of carbonyl (C=O) groups is 1. The highest BCUT2D eigenvalue weighted by Crippen LogP contribution is 2.24. The summed E-state index contributed by atoms with van der Waals surface area (Å²) in [4.78, 5) is 16.0. The molecule has 7 heteroatoms. The maximum atomic E-state index is 11.7. The normalized spacial score (nSPS) is 17.3. The minimum atomic E-state index is -0.227. The Morgan fingerprint density at radius 2 is 1.90 bits per heavy atom. The number of hydrogen-bond acceptors (Lipinski definition) is 3. The van der Waals surface area contributed by atoms with Crippen LogP contribution in [0.15, 0.2) is 4.99 Å². The molecule has 1 fully saturated rings. The van der Waals surface area contributed by atoms with Crippen molar-refractivity contribution in [3.8, 4) is 0 Å². The number of halogens is 1. The van der Waals surface area contributed by atoms with Crippen molar-refractivity contribution < 1.29 is 9.53 Å². The van der Waals surface area contributed by atoms with E-state index in [0.717, 1.165) is 26.3 Å². The molecule has 1 aliphatic rings. The molecule has 21 heavy (non-hydrogen) atoms. The highest BCUT2D eigenvalue weighted by molar-refractivity contribution is 14.0. The van der Waals surface area contributed by atoms with Gasteiger partial charge in [0.15, 0.2) is 5.96 Å². The van der Waals surface area contributed by atoms with Gasteiger partial charge >= 0.3 is 0 Å². The lowest BCUT2D eigenvalue weighted by molar-refractivity contribution is -0.121. The quantitative estimate of drug-likeness (QED) is 0.359. The molecule has 6 nitrogen and oxygen atoms in total. The summed E-state index contributed by atoms with van der Waals surface area (Å²) in [6.07, 6.45) is 0. The van der Waals surface area contributed by atoms with Crippen LogP contribution in [-0.2, 0) is 9.53 Å². The first kappa shape index (κ1) is 20.4. The molecule has 1 saturated heterocycles. The van der Waals surface area contributed by atoms with Gasteiger partial charge in [0.1, 0.15) is 6.54 Å². The Bertz CT molecular complexity index is 362. The number of ether oxygens (including phenoxy) is 1. The van der Waals surface area contributed by atoms with E-state index in [1.165, 1.54) is 0 Å². The van der Waals surface area contributed by atoms with E-state index in [9.17, 15) is 4.79 Å². The van der Waals surface area contributed by atoms with Gasteiger partial charge in [-0.2, -0.15) is 0 Å². The van der Waals surface area contributed by atoms with Crippen LogP contribution in [0.1, 0.15) is 34.6 Å². The summed E-state index contributed by atoms with van der Waals surface area (Å²) in [5.74, 6) is 0.595. The third-order valence-corrected chi connectivity index (χ3v) is 2.82. The van der Waals surface area contributed by atoms with Crippen molar-refractivity contribution in [2.24, 2.45) is 10.4 Å². The molecule has 0 saturated carbocycles. The predicted molar refractivity (Wildman–Crippen MR) is 96.2 cm³/mol. The van der Waals surface area contributed by atoms with Gasteiger partial charge in [0.2, 0.25) is 5.91 Å². The molecule has 0 atom stereocenters. The van der Waals surface area contributed by atoms with Gasteiger partial charge in [-0.05, 0) is 27.7 Å². The van der Waals surface area contributed by atoms with Crippen LogP contribution in [0.2, 0.25) is 0 Å². The zero-order valence-electron chi connectivity index (χ0n) is 13.7. The number of nitrogens with one attached hydrogen (secondary N) is 3. The standard InChI is InChI=1S/C14H28N4O2.HI/c1-6-15-12(17-8-14(5)9-20-10-14)16-7-11(19)18-13(2,3)4;/h6-10H2,1-5H3,(H,18,19)(H2,15,16,17);1H. The average molecular weight is 412 g/mol. The molecule has 0 unspecified atom stereocenters. The van der Waals surface area contributed by atoms with Crippen molar-refractivity contribution >= 4 is 35.8 Å². The molecule has 1 rings (SSSR count). The second-order valence-corrected chi connectivity index (χ2v) is 6.65. The van der Waals surface area contributed by atoms with E-state index in [-0.39, 0.29) is 47.4 Å². The Morgan fingerprint density at radius 3 is 2.33 bits per heavy atom. The zero-order valence-corrected chi connectivity index (χ0v) is 16.0. The highest BCUT2D eigenvalue weighted by atomic mass is 127. The van der Waals surface area contributed by atoms with Crippen LogP contribution in [-0.4, -0.2) is 50.3 Å². The van der Waals surface area contributed by atoms with Crippen molar-refractivity contribution in [1.29, 1.82) is 0 Å². The fourth-order valence-corrected chi connectivity index (χ4v) is 1.80. The van der Waals surface area contributed by atoms with Crippen LogP contribution in [0.25, 0.3) is 0 Å². The Hall–Kier alpha value is -0.570. The van der Waals surface area contributed by atoms with Crippen molar-refractivity contribution in [2.45, 2.75) is 40.2 Å². The minimum Gasteiger partial charge on any atom is -0.380 e. The molecule has 0 aliphatic carbocycles. The van der Waals surface area contributed by atoms with Crippen LogP contribution in [0.3, 0.4) is 0 Å². The number of hydrogen-bond donors (Lipinski definition) is 3. The summed E-state index contributed by atoms with van der Waals surface area (Å²) in [7, 11) is 0. The van der Waals surface area contributed by atoms with Crippen molar-refractivity contribution in [2.75, 3.05) is 32.8 Å². The number of guanidine groups is 1. The van der Waals surface area contributed by atoms with Gasteiger partial charge in [-0.25, -0.2) is 4.99 Å².